The summed E-state index contributed by atoms with van der Waals surface area (Å²) in [5.74, 6) is -0.191. The lowest BCUT2D eigenvalue weighted by Gasteiger charge is -2.08. The van der Waals surface area contributed by atoms with Crippen molar-refractivity contribution in [1.29, 1.82) is 0 Å². The number of hydrogen-bond donors (Lipinski definition) is 3. The van der Waals surface area contributed by atoms with Crippen molar-refractivity contribution in [3.63, 3.8) is 0 Å². The van der Waals surface area contributed by atoms with Crippen LogP contribution in [0.2, 0.25) is 5.02 Å². The second kappa shape index (κ2) is 10.4. The molecule has 0 aromatic heterocycles. The molecular weight excluding hydrogens is 434 g/mol. The van der Waals surface area contributed by atoms with Crippen molar-refractivity contribution in [2.45, 2.75) is 25.7 Å². The third kappa shape index (κ3) is 5.44. The molecule has 2 amide bonds. The lowest BCUT2D eigenvalue weighted by atomic mass is 10.0. The van der Waals surface area contributed by atoms with E-state index in [9.17, 15) is 9.59 Å². The number of nitrogens with one attached hydrogen (secondary N) is 2. The molecule has 1 aliphatic rings. The van der Waals surface area contributed by atoms with Crippen LogP contribution in [0.25, 0.3) is 16.7 Å². The average Bonchev–Trinajstić information content (AvgIpc) is 3.12. The van der Waals surface area contributed by atoms with Gasteiger partial charge < -0.3 is 16.4 Å². The largest absolute Gasteiger partial charge is 0.397 e. The normalized spacial score (nSPS) is 11.5. The number of hydrogen-bond acceptors (Lipinski definition) is 3. The molecule has 3 aromatic rings. The number of nitrogens with two attached hydrogens (primary N) is 1. The molecule has 0 bridgehead atoms. The number of amides is 2. The van der Waals surface area contributed by atoms with Crippen LogP contribution in [0.5, 0.6) is 0 Å². The van der Waals surface area contributed by atoms with E-state index < -0.39 is 0 Å². The highest BCUT2D eigenvalue weighted by Gasteiger charge is 2.22. The molecule has 0 spiro atoms. The summed E-state index contributed by atoms with van der Waals surface area (Å²) in [6.07, 6.45) is 4.46. The van der Waals surface area contributed by atoms with Gasteiger partial charge in [-0.25, -0.2) is 0 Å². The molecule has 33 heavy (non-hydrogen) atoms. The maximum absolute atomic E-state index is 12.5. The second-order valence-electron chi connectivity index (χ2n) is 8.03. The van der Waals surface area contributed by atoms with Gasteiger partial charge in [-0.15, -0.1) is 0 Å². The minimum atomic E-state index is -0.104. The number of unbranched alkanes of at least 4 members (excludes halogenated alkanes) is 2. The Morgan fingerprint density at radius 2 is 1.48 bits per heavy atom. The van der Waals surface area contributed by atoms with Gasteiger partial charge in [0.05, 0.1) is 11.4 Å². The van der Waals surface area contributed by atoms with Crippen molar-refractivity contribution in [3.8, 4) is 11.1 Å². The molecule has 5 nitrogen and oxygen atoms in total. The minimum absolute atomic E-state index is 0.0867. The van der Waals surface area contributed by atoms with E-state index >= 15 is 0 Å². The van der Waals surface area contributed by atoms with E-state index in [2.05, 4.69) is 34.9 Å². The average molecular weight is 460 g/mol. The van der Waals surface area contributed by atoms with Gasteiger partial charge in [-0.05, 0) is 58.9 Å². The Hall–Kier alpha value is -3.57. The number of carbonyl (C=O) groups is 2. The monoisotopic (exact) mass is 459 g/mol. The number of rotatable bonds is 8. The Morgan fingerprint density at radius 1 is 0.848 bits per heavy atom. The quantitative estimate of drug-likeness (QED) is 0.181. The van der Waals surface area contributed by atoms with Crippen molar-refractivity contribution in [2.24, 2.45) is 0 Å². The number of anilines is 2. The Balaban J connectivity index is 1.22. The van der Waals surface area contributed by atoms with Crippen LogP contribution in [-0.4, -0.2) is 18.4 Å². The molecule has 0 saturated heterocycles. The van der Waals surface area contributed by atoms with Gasteiger partial charge in [0, 0.05) is 24.1 Å². The third-order valence-electron chi connectivity index (χ3n) is 5.67. The van der Waals surface area contributed by atoms with Crippen molar-refractivity contribution in [1.82, 2.24) is 5.32 Å². The van der Waals surface area contributed by atoms with Crippen molar-refractivity contribution in [3.05, 3.63) is 89.0 Å². The van der Waals surface area contributed by atoms with Gasteiger partial charge in [0.1, 0.15) is 0 Å². The summed E-state index contributed by atoms with van der Waals surface area (Å²) >= 11 is 5.87. The van der Waals surface area contributed by atoms with Gasteiger partial charge in [-0.2, -0.15) is 0 Å². The number of benzene rings is 3. The van der Waals surface area contributed by atoms with Crippen LogP contribution < -0.4 is 16.4 Å². The number of fused-ring (bicyclic) bond motifs is 3. The first-order valence-electron chi connectivity index (χ1n) is 11.1. The Kier molecular flexibility index (Phi) is 7.10. The number of carbonyl (C=O) groups excluding carboxylic acids is 2. The fraction of sp³-hybridized carbons (Fsp3) is 0.185. The summed E-state index contributed by atoms with van der Waals surface area (Å²) < 4.78 is 0. The summed E-state index contributed by atoms with van der Waals surface area (Å²) in [4.78, 5) is 24.7. The topological polar surface area (TPSA) is 84.2 Å². The fourth-order valence-electron chi connectivity index (χ4n) is 4.05. The van der Waals surface area contributed by atoms with Gasteiger partial charge in [0.15, 0.2) is 0 Å². The lowest BCUT2D eigenvalue weighted by Crippen LogP contribution is -2.22. The van der Waals surface area contributed by atoms with E-state index in [1.54, 1.807) is 24.3 Å². The predicted molar refractivity (Wildman–Crippen MR) is 135 cm³/mol. The zero-order chi connectivity index (χ0) is 23.2. The highest BCUT2D eigenvalue weighted by atomic mass is 35.5. The highest BCUT2D eigenvalue weighted by molar-refractivity contribution is 6.31. The highest BCUT2D eigenvalue weighted by Crippen LogP contribution is 2.43. The molecule has 4 rings (SSSR count). The van der Waals surface area contributed by atoms with Crippen LogP contribution in [0.3, 0.4) is 0 Å². The molecule has 1 aliphatic carbocycles. The van der Waals surface area contributed by atoms with Gasteiger partial charge in [-0.3, -0.25) is 9.59 Å². The summed E-state index contributed by atoms with van der Waals surface area (Å²) in [5, 5.41) is 6.30. The molecule has 0 radical (unpaired) electrons. The van der Waals surface area contributed by atoms with E-state index in [1.807, 2.05) is 24.3 Å². The molecule has 6 heteroatoms. The smallest absolute Gasteiger partial charge is 0.244 e. The first-order chi connectivity index (χ1) is 16.0. The maximum Gasteiger partial charge on any atom is 0.244 e. The standard InChI is InChI=1S/C27H26ClN3O2/c28-18-13-14-25(24(29)16-18)31-26(32)12-2-1-7-15-30-27(33)17-23-21-10-5-3-8-19(21)20-9-4-6-11-22(20)23/h3-6,8-11,13-14,16-17H,1-2,7,12,15,29H2,(H,30,33)(H,31,32). The first-order valence-corrected chi connectivity index (χ1v) is 11.4. The Morgan fingerprint density at radius 3 is 2.12 bits per heavy atom. The zero-order valence-electron chi connectivity index (χ0n) is 18.2. The second-order valence-corrected chi connectivity index (χ2v) is 8.47. The minimum Gasteiger partial charge on any atom is -0.397 e. The van der Waals surface area contributed by atoms with Crippen LogP contribution in [0, 0.1) is 0 Å². The van der Waals surface area contributed by atoms with Gasteiger partial charge in [0.25, 0.3) is 0 Å². The van der Waals surface area contributed by atoms with Gasteiger partial charge in [0.2, 0.25) is 11.8 Å². The summed E-state index contributed by atoms with van der Waals surface area (Å²) in [6.45, 7) is 0.567. The molecule has 0 unspecified atom stereocenters. The summed E-state index contributed by atoms with van der Waals surface area (Å²) in [5.41, 5.74) is 12.3. The summed E-state index contributed by atoms with van der Waals surface area (Å²) in [7, 11) is 0. The van der Waals surface area contributed by atoms with Crippen molar-refractivity contribution in [2.75, 3.05) is 17.6 Å². The lowest BCUT2D eigenvalue weighted by molar-refractivity contribution is -0.117. The maximum atomic E-state index is 12.5. The van der Waals surface area contributed by atoms with Crippen LogP contribution in [0.15, 0.2) is 72.8 Å². The van der Waals surface area contributed by atoms with Gasteiger partial charge in [-0.1, -0.05) is 66.6 Å². The van der Waals surface area contributed by atoms with Crippen LogP contribution in [0.1, 0.15) is 36.8 Å². The molecule has 168 valence electrons. The Labute approximate surface area is 198 Å². The zero-order valence-corrected chi connectivity index (χ0v) is 19.0. The van der Waals surface area contributed by atoms with E-state index in [0.29, 0.717) is 29.4 Å². The van der Waals surface area contributed by atoms with E-state index in [4.69, 9.17) is 17.3 Å². The van der Waals surface area contributed by atoms with Crippen LogP contribution >= 0.6 is 11.6 Å². The fourth-order valence-corrected chi connectivity index (χ4v) is 4.23. The molecule has 0 atom stereocenters. The number of nitrogen functional groups attached to an aromatic ring is 1. The van der Waals surface area contributed by atoms with Gasteiger partial charge >= 0.3 is 0 Å². The van der Waals surface area contributed by atoms with Crippen LogP contribution in [0.4, 0.5) is 11.4 Å². The third-order valence-corrected chi connectivity index (χ3v) is 5.90. The van der Waals surface area contributed by atoms with E-state index in [-0.39, 0.29) is 11.8 Å². The molecule has 0 saturated carbocycles. The molecule has 0 heterocycles. The van der Waals surface area contributed by atoms with Crippen molar-refractivity contribution >= 4 is 40.4 Å². The first kappa shape index (κ1) is 22.6. The number of halogens is 1. The SMILES string of the molecule is Nc1cc(Cl)ccc1NC(=O)CCCCCNC(=O)C=C1c2ccccc2-c2ccccc21. The van der Waals surface area contributed by atoms with E-state index in [0.717, 1.165) is 47.1 Å². The molecule has 0 fully saturated rings. The summed E-state index contributed by atoms with van der Waals surface area (Å²) in [6, 6.07) is 21.3. The van der Waals surface area contributed by atoms with Crippen LogP contribution in [-0.2, 0) is 9.59 Å². The predicted octanol–water partition coefficient (Wildman–Crippen LogP) is 5.65. The molecule has 4 N–H and O–H groups in total. The Bertz CT molecular complexity index is 1170. The molecule has 3 aromatic carbocycles. The molecule has 0 aliphatic heterocycles. The molecular formula is C27H26ClN3O2. The van der Waals surface area contributed by atoms with Crippen molar-refractivity contribution < 1.29 is 9.59 Å². The van der Waals surface area contributed by atoms with E-state index in [1.165, 1.54) is 0 Å².